The van der Waals surface area contributed by atoms with Crippen LogP contribution in [-0.2, 0) is 9.53 Å². The van der Waals surface area contributed by atoms with E-state index in [1.165, 1.54) is 0 Å². The first-order valence-corrected chi connectivity index (χ1v) is 6.54. The largest absolute Gasteiger partial charge is 0.376 e. The number of amides is 1. The van der Waals surface area contributed by atoms with Gasteiger partial charge >= 0.3 is 0 Å². The number of piperidine rings is 1. The Morgan fingerprint density at radius 2 is 2.12 bits per heavy atom. The highest BCUT2D eigenvalue weighted by molar-refractivity contribution is 5.78. The normalized spacial score (nSPS) is 31.6. The lowest BCUT2D eigenvalue weighted by Gasteiger charge is -2.30. The molecule has 0 bridgehead atoms. The lowest BCUT2D eigenvalue weighted by molar-refractivity contribution is -0.123. The van der Waals surface area contributed by atoms with Crippen LogP contribution in [0.1, 0.15) is 26.2 Å². The maximum Gasteiger partial charge on any atom is 0.234 e. The molecule has 0 saturated carbocycles. The molecule has 17 heavy (non-hydrogen) atoms. The van der Waals surface area contributed by atoms with Gasteiger partial charge in [0.25, 0.3) is 0 Å². The second-order valence-electron chi connectivity index (χ2n) is 5.15. The Kier molecular flexibility index (Phi) is 4.36. The maximum atomic E-state index is 11.9. The number of nitrogens with two attached hydrogens (primary N) is 1. The first-order valence-electron chi connectivity index (χ1n) is 6.54. The van der Waals surface area contributed by atoms with Crippen molar-refractivity contribution in [3.63, 3.8) is 0 Å². The van der Waals surface area contributed by atoms with Crippen LogP contribution in [0.25, 0.3) is 0 Å². The zero-order valence-electron chi connectivity index (χ0n) is 10.5. The van der Waals surface area contributed by atoms with Crippen molar-refractivity contribution in [1.82, 2.24) is 10.2 Å². The zero-order valence-corrected chi connectivity index (χ0v) is 10.5. The number of nitrogens with one attached hydrogen (secondary N) is 1. The molecule has 0 aromatic carbocycles. The number of nitrogens with zero attached hydrogens (tertiary/aromatic N) is 1. The van der Waals surface area contributed by atoms with E-state index in [2.05, 4.69) is 10.2 Å². The number of likely N-dealkylation sites (tertiary alicyclic amines) is 1. The Labute approximate surface area is 103 Å². The fraction of sp³-hybridized carbons (Fsp3) is 0.917. The van der Waals surface area contributed by atoms with E-state index in [9.17, 15) is 4.79 Å². The highest BCUT2D eigenvalue weighted by Gasteiger charge is 2.26. The predicted molar refractivity (Wildman–Crippen MR) is 65.6 cm³/mol. The van der Waals surface area contributed by atoms with Gasteiger partial charge in [-0.2, -0.15) is 0 Å². The molecule has 2 fully saturated rings. The van der Waals surface area contributed by atoms with Crippen molar-refractivity contribution in [1.29, 1.82) is 0 Å². The molecule has 0 radical (unpaired) electrons. The molecule has 2 atom stereocenters. The average Bonchev–Trinajstić information content (AvgIpc) is 2.68. The number of carbonyl (C=O) groups excluding carboxylic acids is 1. The molecular formula is C12H23N3O2. The van der Waals surface area contributed by atoms with Crippen molar-refractivity contribution < 1.29 is 9.53 Å². The van der Waals surface area contributed by atoms with Crippen LogP contribution < -0.4 is 11.1 Å². The minimum absolute atomic E-state index is 0.114. The van der Waals surface area contributed by atoms with Gasteiger partial charge in [0.05, 0.1) is 18.7 Å². The monoisotopic (exact) mass is 241 g/mol. The third-order valence-corrected chi connectivity index (χ3v) is 3.72. The standard InChI is InChI=1S/C12H23N3O2/c1-9-11(4-7-17-9)14-12(16)8-15-5-2-10(13)3-6-15/h9-11H,2-8,13H2,1H3,(H,14,16). The van der Waals surface area contributed by atoms with Gasteiger partial charge in [0.2, 0.25) is 5.91 Å². The summed E-state index contributed by atoms with van der Waals surface area (Å²) < 4.78 is 5.43. The fourth-order valence-electron chi connectivity index (χ4n) is 2.49. The van der Waals surface area contributed by atoms with Crippen molar-refractivity contribution in [3.8, 4) is 0 Å². The maximum absolute atomic E-state index is 11.9. The SMILES string of the molecule is CC1OCCC1NC(=O)CN1CCC(N)CC1. The van der Waals surface area contributed by atoms with Crippen molar-refractivity contribution >= 4 is 5.91 Å². The Morgan fingerprint density at radius 3 is 2.71 bits per heavy atom. The van der Waals surface area contributed by atoms with Crippen LogP contribution in [0, 0.1) is 0 Å². The van der Waals surface area contributed by atoms with Crippen LogP contribution in [0.4, 0.5) is 0 Å². The quantitative estimate of drug-likeness (QED) is 0.712. The average molecular weight is 241 g/mol. The van der Waals surface area contributed by atoms with Gasteiger partial charge in [-0.3, -0.25) is 9.69 Å². The molecule has 2 unspecified atom stereocenters. The molecule has 5 nitrogen and oxygen atoms in total. The molecule has 2 heterocycles. The van der Waals surface area contributed by atoms with Gasteiger partial charge < -0.3 is 15.8 Å². The molecule has 1 amide bonds. The number of hydrogen-bond acceptors (Lipinski definition) is 4. The van der Waals surface area contributed by atoms with E-state index in [1.54, 1.807) is 0 Å². The first-order chi connectivity index (χ1) is 8.15. The molecule has 2 aliphatic rings. The van der Waals surface area contributed by atoms with E-state index >= 15 is 0 Å². The number of carbonyl (C=O) groups is 1. The molecule has 0 aromatic heterocycles. The first kappa shape index (κ1) is 12.8. The predicted octanol–water partition coefficient (Wildman–Crippen LogP) is -0.297. The summed E-state index contributed by atoms with van der Waals surface area (Å²) in [6.45, 7) is 5.13. The van der Waals surface area contributed by atoms with E-state index in [0.29, 0.717) is 12.6 Å². The van der Waals surface area contributed by atoms with Gasteiger partial charge in [0.1, 0.15) is 0 Å². The molecule has 2 aliphatic heterocycles. The Morgan fingerprint density at radius 1 is 1.41 bits per heavy atom. The van der Waals surface area contributed by atoms with Crippen molar-refractivity contribution in [2.45, 2.75) is 44.4 Å². The van der Waals surface area contributed by atoms with Crippen LogP contribution in [0.5, 0.6) is 0 Å². The molecular weight excluding hydrogens is 218 g/mol. The highest BCUT2D eigenvalue weighted by Crippen LogP contribution is 2.13. The summed E-state index contributed by atoms with van der Waals surface area (Å²) in [5, 5.41) is 3.05. The van der Waals surface area contributed by atoms with Crippen LogP contribution in [0.15, 0.2) is 0 Å². The Balaban J connectivity index is 1.70. The lowest BCUT2D eigenvalue weighted by Crippen LogP contribution is -2.47. The number of rotatable bonds is 3. The minimum atomic E-state index is 0.114. The fourth-order valence-corrected chi connectivity index (χ4v) is 2.49. The number of ether oxygens (including phenoxy) is 1. The smallest absolute Gasteiger partial charge is 0.234 e. The van der Waals surface area contributed by atoms with Crippen LogP contribution in [0.3, 0.4) is 0 Å². The summed E-state index contributed by atoms with van der Waals surface area (Å²) in [6, 6.07) is 0.507. The third kappa shape index (κ3) is 3.66. The van der Waals surface area contributed by atoms with E-state index in [1.807, 2.05) is 6.92 Å². The van der Waals surface area contributed by atoms with Gasteiger partial charge in [-0.15, -0.1) is 0 Å². The van der Waals surface area contributed by atoms with Crippen molar-refractivity contribution in [2.75, 3.05) is 26.2 Å². The van der Waals surface area contributed by atoms with E-state index < -0.39 is 0 Å². The molecule has 2 saturated heterocycles. The van der Waals surface area contributed by atoms with Gasteiger partial charge in [-0.05, 0) is 26.2 Å². The van der Waals surface area contributed by atoms with Gasteiger partial charge in [0.15, 0.2) is 0 Å². The Hall–Kier alpha value is -0.650. The van der Waals surface area contributed by atoms with Gasteiger partial charge in [-0.25, -0.2) is 0 Å². The summed E-state index contributed by atoms with van der Waals surface area (Å²) in [5.41, 5.74) is 5.83. The highest BCUT2D eigenvalue weighted by atomic mass is 16.5. The van der Waals surface area contributed by atoms with Gasteiger partial charge in [-0.1, -0.05) is 0 Å². The number of hydrogen-bond donors (Lipinski definition) is 2. The minimum Gasteiger partial charge on any atom is -0.376 e. The van der Waals surface area contributed by atoms with Crippen molar-refractivity contribution in [2.24, 2.45) is 5.73 Å². The molecule has 0 aliphatic carbocycles. The molecule has 98 valence electrons. The molecule has 0 spiro atoms. The molecule has 5 heteroatoms. The zero-order chi connectivity index (χ0) is 12.3. The van der Waals surface area contributed by atoms with Crippen molar-refractivity contribution in [3.05, 3.63) is 0 Å². The second-order valence-corrected chi connectivity index (χ2v) is 5.15. The third-order valence-electron chi connectivity index (χ3n) is 3.72. The summed E-state index contributed by atoms with van der Waals surface area (Å²) >= 11 is 0. The molecule has 2 rings (SSSR count). The second kappa shape index (κ2) is 5.80. The van der Waals surface area contributed by atoms with Crippen LogP contribution in [-0.4, -0.2) is 55.2 Å². The van der Waals surface area contributed by atoms with E-state index in [-0.39, 0.29) is 18.1 Å². The summed E-state index contributed by atoms with van der Waals surface area (Å²) in [6.07, 6.45) is 3.07. The van der Waals surface area contributed by atoms with Crippen LogP contribution >= 0.6 is 0 Å². The Bertz CT molecular complexity index is 264. The van der Waals surface area contributed by atoms with E-state index in [0.717, 1.165) is 39.0 Å². The summed E-state index contributed by atoms with van der Waals surface area (Å²) in [4.78, 5) is 14.0. The summed E-state index contributed by atoms with van der Waals surface area (Å²) in [5.74, 6) is 0.114. The van der Waals surface area contributed by atoms with E-state index in [4.69, 9.17) is 10.5 Å². The topological polar surface area (TPSA) is 67.6 Å². The molecule has 3 N–H and O–H groups in total. The van der Waals surface area contributed by atoms with Crippen LogP contribution in [0.2, 0.25) is 0 Å². The summed E-state index contributed by atoms with van der Waals surface area (Å²) in [7, 11) is 0. The van der Waals surface area contributed by atoms with Gasteiger partial charge in [0, 0.05) is 25.7 Å². The lowest BCUT2D eigenvalue weighted by atomic mass is 10.1. The molecule has 0 aromatic rings.